The first-order valence-corrected chi connectivity index (χ1v) is 5.03. The lowest BCUT2D eigenvalue weighted by Crippen LogP contribution is -2.35. The van der Waals surface area contributed by atoms with Crippen LogP contribution in [0.2, 0.25) is 0 Å². The number of hydrogen-bond donors (Lipinski definition) is 1. The predicted molar refractivity (Wildman–Crippen MR) is 54.2 cm³/mol. The SMILES string of the molecule is N#Cc1ccc([C@@H]2CCN2)c(Br)c1. The van der Waals surface area contributed by atoms with Crippen molar-refractivity contribution in [2.75, 3.05) is 6.54 Å². The van der Waals surface area contributed by atoms with Gasteiger partial charge < -0.3 is 5.32 Å². The van der Waals surface area contributed by atoms with Crippen molar-refractivity contribution >= 4 is 15.9 Å². The van der Waals surface area contributed by atoms with Crippen LogP contribution in [0.4, 0.5) is 0 Å². The summed E-state index contributed by atoms with van der Waals surface area (Å²) in [7, 11) is 0. The van der Waals surface area contributed by atoms with E-state index in [0.717, 1.165) is 11.0 Å². The van der Waals surface area contributed by atoms with Crippen molar-refractivity contribution in [3.8, 4) is 6.07 Å². The lowest BCUT2D eigenvalue weighted by molar-refractivity contribution is 0.382. The van der Waals surface area contributed by atoms with E-state index in [0.29, 0.717) is 11.6 Å². The summed E-state index contributed by atoms with van der Waals surface area (Å²) in [6.45, 7) is 1.09. The Hall–Kier alpha value is -0.850. The molecule has 13 heavy (non-hydrogen) atoms. The van der Waals surface area contributed by atoms with Crippen molar-refractivity contribution in [1.82, 2.24) is 5.32 Å². The molecule has 0 unspecified atom stereocenters. The molecule has 0 saturated carbocycles. The van der Waals surface area contributed by atoms with Crippen molar-refractivity contribution in [2.24, 2.45) is 0 Å². The van der Waals surface area contributed by atoms with Gasteiger partial charge in [-0.1, -0.05) is 22.0 Å². The van der Waals surface area contributed by atoms with Crippen molar-refractivity contribution in [1.29, 1.82) is 5.26 Å². The maximum Gasteiger partial charge on any atom is 0.0992 e. The second-order valence-electron chi connectivity index (χ2n) is 3.14. The van der Waals surface area contributed by atoms with E-state index in [1.165, 1.54) is 12.0 Å². The highest BCUT2D eigenvalue weighted by molar-refractivity contribution is 9.10. The van der Waals surface area contributed by atoms with Gasteiger partial charge in [-0.15, -0.1) is 0 Å². The monoisotopic (exact) mass is 236 g/mol. The molecule has 1 N–H and O–H groups in total. The van der Waals surface area contributed by atoms with Crippen LogP contribution in [0.25, 0.3) is 0 Å². The van der Waals surface area contributed by atoms with Gasteiger partial charge in [0.15, 0.2) is 0 Å². The lowest BCUT2D eigenvalue weighted by atomic mass is 9.97. The molecular formula is C10H9BrN2. The van der Waals surface area contributed by atoms with Crippen LogP contribution in [-0.2, 0) is 0 Å². The Morgan fingerprint density at radius 2 is 2.31 bits per heavy atom. The molecular weight excluding hydrogens is 228 g/mol. The number of benzene rings is 1. The molecule has 1 fully saturated rings. The molecule has 66 valence electrons. The lowest BCUT2D eigenvalue weighted by Gasteiger charge is -2.28. The second kappa shape index (κ2) is 3.49. The fourth-order valence-corrected chi connectivity index (χ4v) is 2.09. The molecule has 0 aromatic heterocycles. The highest BCUT2D eigenvalue weighted by Gasteiger charge is 2.20. The molecule has 1 atom stereocenters. The van der Waals surface area contributed by atoms with Crippen LogP contribution in [-0.4, -0.2) is 6.54 Å². The van der Waals surface area contributed by atoms with Gasteiger partial charge in [0.05, 0.1) is 11.6 Å². The van der Waals surface area contributed by atoms with E-state index in [-0.39, 0.29) is 0 Å². The minimum atomic E-state index is 0.474. The van der Waals surface area contributed by atoms with Crippen molar-refractivity contribution in [3.63, 3.8) is 0 Å². The van der Waals surface area contributed by atoms with Gasteiger partial charge in [0.2, 0.25) is 0 Å². The Morgan fingerprint density at radius 1 is 1.54 bits per heavy atom. The zero-order valence-electron chi connectivity index (χ0n) is 7.05. The topological polar surface area (TPSA) is 35.8 Å². The Bertz CT molecular complexity index is 364. The van der Waals surface area contributed by atoms with Crippen molar-refractivity contribution in [3.05, 3.63) is 33.8 Å². The van der Waals surface area contributed by atoms with Crippen LogP contribution in [0, 0.1) is 11.3 Å². The number of nitrogens with zero attached hydrogens (tertiary/aromatic N) is 1. The first-order chi connectivity index (χ1) is 6.31. The van der Waals surface area contributed by atoms with Gasteiger partial charge >= 0.3 is 0 Å². The van der Waals surface area contributed by atoms with E-state index in [4.69, 9.17) is 5.26 Å². The highest BCUT2D eigenvalue weighted by Crippen LogP contribution is 2.29. The molecule has 0 amide bonds. The minimum absolute atomic E-state index is 0.474. The molecule has 2 nitrogen and oxygen atoms in total. The Morgan fingerprint density at radius 3 is 2.77 bits per heavy atom. The van der Waals surface area contributed by atoms with Gasteiger partial charge in [-0.25, -0.2) is 0 Å². The number of nitriles is 1. The van der Waals surface area contributed by atoms with Gasteiger partial charge in [0.25, 0.3) is 0 Å². The summed E-state index contributed by atoms with van der Waals surface area (Å²) in [6.07, 6.45) is 1.19. The Balaban J connectivity index is 2.32. The summed E-state index contributed by atoms with van der Waals surface area (Å²) in [4.78, 5) is 0. The van der Waals surface area contributed by atoms with Crippen LogP contribution in [0.15, 0.2) is 22.7 Å². The van der Waals surface area contributed by atoms with E-state index < -0.39 is 0 Å². The average molecular weight is 237 g/mol. The fourth-order valence-electron chi connectivity index (χ4n) is 1.43. The molecule has 1 heterocycles. The standard InChI is InChI=1S/C10H9BrN2/c11-9-5-7(6-12)1-2-8(9)10-3-4-13-10/h1-2,5,10,13H,3-4H2/t10-/m0/s1. The van der Waals surface area contributed by atoms with Crippen molar-refractivity contribution in [2.45, 2.75) is 12.5 Å². The molecule has 3 heteroatoms. The molecule has 1 aliphatic heterocycles. The molecule has 0 aliphatic carbocycles. The van der Waals surface area contributed by atoms with Crippen LogP contribution >= 0.6 is 15.9 Å². The van der Waals surface area contributed by atoms with Crippen LogP contribution in [0.1, 0.15) is 23.6 Å². The Kier molecular flexibility index (Phi) is 2.34. The number of nitrogens with one attached hydrogen (secondary N) is 1. The molecule has 1 saturated heterocycles. The van der Waals surface area contributed by atoms with Crippen LogP contribution < -0.4 is 5.32 Å². The molecule has 1 aromatic rings. The third kappa shape index (κ3) is 1.60. The third-order valence-corrected chi connectivity index (χ3v) is 3.02. The normalized spacial score (nSPS) is 20.5. The first kappa shape index (κ1) is 8.74. The molecule has 0 radical (unpaired) electrons. The number of halogens is 1. The third-order valence-electron chi connectivity index (χ3n) is 2.33. The summed E-state index contributed by atoms with van der Waals surface area (Å²) in [5.41, 5.74) is 1.96. The first-order valence-electron chi connectivity index (χ1n) is 4.24. The van der Waals surface area contributed by atoms with Gasteiger partial charge in [-0.3, -0.25) is 0 Å². The molecule has 2 rings (SSSR count). The van der Waals surface area contributed by atoms with E-state index in [9.17, 15) is 0 Å². The van der Waals surface area contributed by atoms with Crippen LogP contribution in [0.3, 0.4) is 0 Å². The quantitative estimate of drug-likeness (QED) is 0.813. The summed E-state index contributed by atoms with van der Waals surface area (Å²) in [5.74, 6) is 0. The zero-order chi connectivity index (χ0) is 9.26. The largest absolute Gasteiger partial charge is 0.310 e. The van der Waals surface area contributed by atoms with Gasteiger partial charge in [0, 0.05) is 10.5 Å². The maximum absolute atomic E-state index is 8.68. The average Bonchev–Trinajstić information content (AvgIpc) is 2.05. The summed E-state index contributed by atoms with van der Waals surface area (Å²) in [5, 5.41) is 12.0. The summed E-state index contributed by atoms with van der Waals surface area (Å²) >= 11 is 3.47. The number of hydrogen-bond acceptors (Lipinski definition) is 2. The van der Waals surface area contributed by atoms with E-state index in [1.807, 2.05) is 18.2 Å². The zero-order valence-corrected chi connectivity index (χ0v) is 8.63. The smallest absolute Gasteiger partial charge is 0.0992 e. The predicted octanol–water partition coefficient (Wildman–Crippen LogP) is 2.36. The van der Waals surface area contributed by atoms with E-state index in [2.05, 4.69) is 27.3 Å². The minimum Gasteiger partial charge on any atom is -0.310 e. The molecule has 1 aromatic carbocycles. The second-order valence-corrected chi connectivity index (χ2v) is 4.00. The van der Waals surface area contributed by atoms with E-state index in [1.54, 1.807) is 0 Å². The van der Waals surface area contributed by atoms with Crippen molar-refractivity contribution < 1.29 is 0 Å². The molecule has 1 aliphatic rings. The maximum atomic E-state index is 8.68. The van der Waals surface area contributed by atoms with Gasteiger partial charge in [0.1, 0.15) is 0 Å². The van der Waals surface area contributed by atoms with Gasteiger partial charge in [-0.2, -0.15) is 5.26 Å². The Labute approximate surface area is 85.7 Å². The highest BCUT2D eigenvalue weighted by atomic mass is 79.9. The molecule has 0 spiro atoms. The molecule has 0 bridgehead atoms. The number of rotatable bonds is 1. The van der Waals surface area contributed by atoms with Crippen LogP contribution in [0.5, 0.6) is 0 Å². The van der Waals surface area contributed by atoms with Gasteiger partial charge in [-0.05, 0) is 30.7 Å². The summed E-state index contributed by atoms with van der Waals surface area (Å²) < 4.78 is 1.03. The van der Waals surface area contributed by atoms with E-state index >= 15 is 0 Å². The fraction of sp³-hybridized carbons (Fsp3) is 0.300. The summed E-state index contributed by atoms with van der Waals surface area (Å²) in [6, 6.07) is 8.34.